The number of benzene rings is 2. The summed E-state index contributed by atoms with van der Waals surface area (Å²) in [4.78, 5) is 44.1. The maximum absolute atomic E-state index is 13.2. The molecule has 9 nitrogen and oxygen atoms in total. The zero-order valence-electron chi connectivity index (χ0n) is 18.9. The summed E-state index contributed by atoms with van der Waals surface area (Å²) >= 11 is 6.01. The Kier molecular flexibility index (Phi) is 6.30. The molecule has 2 heterocycles. The van der Waals surface area contributed by atoms with E-state index in [-0.39, 0.29) is 0 Å². The summed E-state index contributed by atoms with van der Waals surface area (Å²) in [6, 6.07) is 12.6. The number of imide groups is 1. The van der Waals surface area contributed by atoms with Crippen molar-refractivity contribution in [2.24, 2.45) is 7.05 Å². The van der Waals surface area contributed by atoms with E-state index in [0.717, 1.165) is 10.5 Å². The molecule has 1 saturated heterocycles. The van der Waals surface area contributed by atoms with Gasteiger partial charge in [0.1, 0.15) is 29.7 Å². The summed E-state index contributed by atoms with van der Waals surface area (Å²) in [7, 11) is 3.36. The predicted molar refractivity (Wildman–Crippen MR) is 125 cm³/mol. The second-order valence-corrected chi connectivity index (χ2v) is 8.56. The molecule has 1 aromatic heterocycles. The van der Waals surface area contributed by atoms with Gasteiger partial charge in [-0.1, -0.05) is 35.9 Å². The van der Waals surface area contributed by atoms with Gasteiger partial charge >= 0.3 is 6.03 Å². The number of halogens is 1. The van der Waals surface area contributed by atoms with Crippen molar-refractivity contribution in [2.45, 2.75) is 18.5 Å². The normalized spacial score (nSPS) is 18.5. The highest BCUT2D eigenvalue weighted by Gasteiger charge is 2.49. The molecule has 2 aromatic carbocycles. The van der Waals surface area contributed by atoms with Gasteiger partial charge in [-0.05, 0) is 42.3 Å². The van der Waals surface area contributed by atoms with Gasteiger partial charge < -0.3 is 19.9 Å². The third-order valence-corrected chi connectivity index (χ3v) is 6.12. The third-order valence-electron chi connectivity index (χ3n) is 5.87. The van der Waals surface area contributed by atoms with E-state index >= 15 is 0 Å². The zero-order chi connectivity index (χ0) is 24.5. The minimum atomic E-state index is -1.29. The molecule has 3 aromatic rings. The summed E-state index contributed by atoms with van der Waals surface area (Å²) in [5.74, 6) is 0.196. The molecule has 4 rings (SSSR count). The van der Waals surface area contributed by atoms with Crippen molar-refractivity contribution in [3.63, 3.8) is 0 Å². The molecular formula is C24H24ClN5O4. The van der Waals surface area contributed by atoms with Gasteiger partial charge in [-0.25, -0.2) is 9.78 Å². The van der Waals surface area contributed by atoms with Crippen molar-refractivity contribution in [1.29, 1.82) is 0 Å². The second-order valence-electron chi connectivity index (χ2n) is 8.12. The summed E-state index contributed by atoms with van der Waals surface area (Å²) in [5.41, 5.74) is 0.0488. The van der Waals surface area contributed by atoms with Crippen LogP contribution in [0.25, 0.3) is 0 Å². The van der Waals surface area contributed by atoms with Crippen molar-refractivity contribution >= 4 is 29.4 Å². The Morgan fingerprint density at radius 1 is 1.18 bits per heavy atom. The minimum Gasteiger partial charge on any atom is -0.497 e. The first-order valence-electron chi connectivity index (χ1n) is 10.5. The minimum absolute atomic E-state index is 0.440. The molecule has 0 aliphatic carbocycles. The van der Waals surface area contributed by atoms with Crippen molar-refractivity contribution < 1.29 is 19.1 Å². The zero-order valence-corrected chi connectivity index (χ0v) is 19.7. The predicted octanol–water partition coefficient (Wildman–Crippen LogP) is 2.75. The van der Waals surface area contributed by atoms with Crippen LogP contribution in [-0.2, 0) is 22.2 Å². The van der Waals surface area contributed by atoms with E-state index in [1.807, 2.05) is 7.05 Å². The Hall–Kier alpha value is -3.85. The molecule has 0 bridgehead atoms. The number of rotatable bonds is 7. The van der Waals surface area contributed by atoms with Crippen LogP contribution < -0.4 is 15.4 Å². The highest BCUT2D eigenvalue weighted by atomic mass is 35.5. The number of aryl methyl sites for hydroxylation is 1. The van der Waals surface area contributed by atoms with Gasteiger partial charge in [-0.3, -0.25) is 14.5 Å². The number of hydrogen-bond donors (Lipinski definition) is 2. The van der Waals surface area contributed by atoms with E-state index in [1.54, 1.807) is 79.5 Å². The summed E-state index contributed by atoms with van der Waals surface area (Å²) in [6.07, 6.45) is 3.39. The van der Waals surface area contributed by atoms with Crippen LogP contribution in [0, 0.1) is 0 Å². The van der Waals surface area contributed by atoms with Gasteiger partial charge in [0.05, 0.1) is 7.11 Å². The van der Waals surface area contributed by atoms with Crippen molar-refractivity contribution in [2.75, 3.05) is 13.7 Å². The Balaban J connectivity index is 1.53. The smallest absolute Gasteiger partial charge is 0.325 e. The van der Waals surface area contributed by atoms with E-state index in [2.05, 4.69) is 15.6 Å². The largest absolute Gasteiger partial charge is 0.497 e. The number of carbonyl (C=O) groups excluding carboxylic acids is 3. The number of methoxy groups -OCH3 is 1. The van der Waals surface area contributed by atoms with Crippen LogP contribution in [0.15, 0.2) is 60.9 Å². The summed E-state index contributed by atoms with van der Waals surface area (Å²) in [6.45, 7) is 1.17. The number of aromatic nitrogens is 2. The Bertz CT molecular complexity index is 1220. The van der Waals surface area contributed by atoms with Gasteiger partial charge in [0.25, 0.3) is 5.91 Å². The number of ether oxygens (including phenoxy) is 1. The summed E-state index contributed by atoms with van der Waals surface area (Å²) in [5, 5.41) is 6.15. The fraction of sp³-hybridized carbons (Fsp3) is 0.250. The van der Waals surface area contributed by atoms with Crippen molar-refractivity contribution in [3.8, 4) is 5.75 Å². The highest BCUT2D eigenvalue weighted by Crippen LogP contribution is 2.30. The topological polar surface area (TPSA) is 106 Å². The van der Waals surface area contributed by atoms with Crippen LogP contribution in [0.2, 0.25) is 5.02 Å². The highest BCUT2D eigenvalue weighted by molar-refractivity contribution is 6.30. The first kappa shape index (κ1) is 23.3. The number of nitrogens with zero attached hydrogens (tertiary/aromatic N) is 3. The van der Waals surface area contributed by atoms with Gasteiger partial charge in [0.15, 0.2) is 0 Å². The SMILES string of the molecule is COc1ccc([C@@]2(C)NC(=O)N(CC(=O)N[C@@H](c3ccc(Cl)cc3)c3nccn3C)C2=O)cc1. The van der Waals surface area contributed by atoms with Crippen LogP contribution in [0.1, 0.15) is 29.9 Å². The van der Waals surface area contributed by atoms with Crippen molar-refractivity contribution in [3.05, 3.63) is 82.9 Å². The average molecular weight is 482 g/mol. The molecule has 0 spiro atoms. The number of nitrogens with one attached hydrogen (secondary N) is 2. The molecule has 34 heavy (non-hydrogen) atoms. The fourth-order valence-electron chi connectivity index (χ4n) is 3.92. The van der Waals surface area contributed by atoms with Gasteiger partial charge in [0.2, 0.25) is 5.91 Å². The number of amides is 4. The molecule has 0 unspecified atom stereocenters. The van der Waals surface area contributed by atoms with Crippen LogP contribution >= 0.6 is 11.6 Å². The Morgan fingerprint density at radius 2 is 1.85 bits per heavy atom. The maximum atomic E-state index is 13.2. The average Bonchev–Trinajstić information content (AvgIpc) is 3.34. The molecule has 0 radical (unpaired) electrons. The molecule has 10 heteroatoms. The first-order valence-corrected chi connectivity index (χ1v) is 10.9. The van der Waals surface area contributed by atoms with Crippen molar-refractivity contribution in [1.82, 2.24) is 25.1 Å². The van der Waals surface area contributed by atoms with Gasteiger partial charge in [0, 0.05) is 24.5 Å². The Morgan fingerprint density at radius 3 is 2.44 bits per heavy atom. The lowest BCUT2D eigenvalue weighted by molar-refractivity contribution is -0.135. The van der Waals surface area contributed by atoms with Crippen LogP contribution in [0.3, 0.4) is 0 Å². The summed E-state index contributed by atoms with van der Waals surface area (Å²) < 4.78 is 6.94. The molecule has 176 valence electrons. The van der Waals surface area contributed by atoms with Gasteiger partial charge in [-0.15, -0.1) is 0 Å². The molecular weight excluding hydrogens is 458 g/mol. The van der Waals surface area contributed by atoms with E-state index in [9.17, 15) is 14.4 Å². The number of urea groups is 1. The lowest BCUT2D eigenvalue weighted by Crippen LogP contribution is -2.44. The number of carbonyl (C=O) groups is 3. The van der Waals surface area contributed by atoms with E-state index in [0.29, 0.717) is 22.2 Å². The van der Waals surface area contributed by atoms with Crippen LogP contribution in [-0.4, -0.2) is 46.0 Å². The molecule has 1 aliphatic rings. The van der Waals surface area contributed by atoms with Gasteiger partial charge in [-0.2, -0.15) is 0 Å². The lowest BCUT2D eigenvalue weighted by Gasteiger charge is -2.23. The monoisotopic (exact) mass is 481 g/mol. The Labute approximate surface area is 201 Å². The standard InChI is InChI=1S/C24H24ClN5O4/c1-24(16-6-10-18(34-3)11-7-16)22(32)30(23(33)28-24)14-19(31)27-20(21-26-12-13-29(21)2)15-4-8-17(25)9-5-15/h4-13,20H,14H2,1-3H3,(H,27,31)(H,28,33)/t20-,24+/m0/s1. The maximum Gasteiger partial charge on any atom is 0.325 e. The molecule has 1 aliphatic heterocycles. The molecule has 2 N–H and O–H groups in total. The van der Waals surface area contributed by atoms with Crippen LogP contribution in [0.5, 0.6) is 5.75 Å². The fourth-order valence-corrected chi connectivity index (χ4v) is 4.04. The molecule has 0 saturated carbocycles. The van der Waals surface area contributed by atoms with Crippen LogP contribution in [0.4, 0.5) is 4.79 Å². The third kappa shape index (κ3) is 4.34. The van der Waals surface area contributed by atoms with E-state index in [1.165, 1.54) is 0 Å². The van der Waals surface area contributed by atoms with E-state index in [4.69, 9.17) is 16.3 Å². The quantitative estimate of drug-likeness (QED) is 0.505. The number of hydrogen-bond acceptors (Lipinski definition) is 5. The second kappa shape index (κ2) is 9.18. The molecule has 1 fully saturated rings. The number of imidazole rings is 1. The lowest BCUT2D eigenvalue weighted by atomic mass is 9.92. The molecule has 4 amide bonds. The van der Waals surface area contributed by atoms with E-state index < -0.39 is 36.0 Å². The molecule has 2 atom stereocenters. The first-order chi connectivity index (χ1) is 16.2.